The van der Waals surface area contributed by atoms with Gasteiger partial charge in [-0.3, -0.25) is 9.48 Å². The first-order valence-corrected chi connectivity index (χ1v) is 13.7. The van der Waals surface area contributed by atoms with E-state index < -0.39 is 12.8 Å². The van der Waals surface area contributed by atoms with Gasteiger partial charge in [0, 0.05) is 49.1 Å². The lowest BCUT2D eigenvalue weighted by Gasteiger charge is -2.30. The number of hydrogen-bond acceptors (Lipinski definition) is 6. The van der Waals surface area contributed by atoms with Gasteiger partial charge in [0.15, 0.2) is 6.61 Å². The van der Waals surface area contributed by atoms with Crippen molar-refractivity contribution in [2.24, 2.45) is 13.0 Å². The lowest BCUT2D eigenvalue weighted by Crippen LogP contribution is -2.38. The van der Waals surface area contributed by atoms with Crippen LogP contribution in [0.3, 0.4) is 0 Å². The van der Waals surface area contributed by atoms with Gasteiger partial charge in [0.05, 0.1) is 11.3 Å². The number of hydrogen-bond donors (Lipinski definition) is 1. The first-order valence-electron chi connectivity index (χ1n) is 12.9. The fraction of sp³-hybridized carbons (Fsp3) is 0.577. The molecule has 1 aromatic carbocycles. The lowest BCUT2D eigenvalue weighted by molar-refractivity contribution is -0.153. The molecule has 5 rings (SSSR count). The van der Waals surface area contributed by atoms with Crippen LogP contribution < -0.4 is 10.1 Å². The topological polar surface area (TPSA) is 72.3 Å². The Morgan fingerprint density at radius 2 is 1.97 bits per heavy atom. The van der Waals surface area contributed by atoms with Crippen LogP contribution in [0.1, 0.15) is 53.0 Å². The fourth-order valence-corrected chi connectivity index (χ4v) is 6.33. The van der Waals surface area contributed by atoms with E-state index in [2.05, 4.69) is 20.3 Å². The van der Waals surface area contributed by atoms with Gasteiger partial charge in [-0.15, -0.1) is 0 Å². The number of carbonyl (C=O) groups is 1. The third-order valence-corrected chi connectivity index (χ3v) is 8.44. The van der Waals surface area contributed by atoms with Crippen LogP contribution >= 0.6 is 11.3 Å². The van der Waals surface area contributed by atoms with Gasteiger partial charge in [-0.2, -0.15) is 18.3 Å². The lowest BCUT2D eigenvalue weighted by atomic mass is 9.84. The summed E-state index contributed by atoms with van der Waals surface area (Å²) in [7, 11) is 1.86. The number of benzene rings is 1. The van der Waals surface area contributed by atoms with E-state index >= 15 is 0 Å². The summed E-state index contributed by atoms with van der Waals surface area (Å²) in [6.07, 6.45) is 4.39. The first-order chi connectivity index (χ1) is 17.7. The average molecular weight is 536 g/mol. The van der Waals surface area contributed by atoms with E-state index in [-0.39, 0.29) is 17.1 Å². The number of carbonyl (C=O) groups excluding carboxylic acids is 1. The predicted molar refractivity (Wildman–Crippen MR) is 136 cm³/mol. The molecule has 0 unspecified atom stereocenters. The zero-order valence-corrected chi connectivity index (χ0v) is 21.7. The summed E-state index contributed by atoms with van der Waals surface area (Å²) in [5, 5.41) is 8.76. The van der Waals surface area contributed by atoms with E-state index in [0.29, 0.717) is 11.5 Å². The highest BCUT2D eigenvalue weighted by molar-refractivity contribution is 7.13. The van der Waals surface area contributed by atoms with Crippen molar-refractivity contribution >= 4 is 28.1 Å². The van der Waals surface area contributed by atoms with Crippen molar-refractivity contribution in [1.29, 1.82) is 0 Å². The molecule has 1 N–H and O–H groups in total. The highest BCUT2D eigenvalue weighted by atomic mass is 32.1. The molecular formula is C26H32F3N5O2S. The van der Waals surface area contributed by atoms with Gasteiger partial charge in [-0.1, -0.05) is 23.5 Å². The summed E-state index contributed by atoms with van der Waals surface area (Å²) >= 11 is 1.24. The molecule has 2 aliphatic rings. The summed E-state index contributed by atoms with van der Waals surface area (Å²) in [5.41, 5.74) is 2.24. The van der Waals surface area contributed by atoms with Crippen LogP contribution in [0.25, 0.3) is 10.9 Å². The number of halogens is 3. The Labute approximate surface area is 218 Å². The van der Waals surface area contributed by atoms with Gasteiger partial charge in [0.1, 0.15) is 5.52 Å². The number of amides is 1. The molecule has 0 atom stereocenters. The van der Waals surface area contributed by atoms with Crippen molar-refractivity contribution in [2.75, 3.05) is 26.2 Å². The fourth-order valence-electron chi connectivity index (χ4n) is 5.39. The molecule has 0 saturated heterocycles. The second-order valence-electron chi connectivity index (χ2n) is 10.1. The third-order valence-electron chi connectivity index (χ3n) is 7.37. The van der Waals surface area contributed by atoms with Crippen molar-refractivity contribution in [1.82, 2.24) is 25.0 Å². The van der Waals surface area contributed by atoms with Crippen molar-refractivity contribution in [2.45, 2.75) is 57.2 Å². The van der Waals surface area contributed by atoms with E-state index in [1.807, 2.05) is 31.4 Å². The average Bonchev–Trinajstić information content (AvgIpc) is 3.39. The quantitative estimate of drug-likeness (QED) is 0.473. The summed E-state index contributed by atoms with van der Waals surface area (Å²) in [6.45, 7) is 1.46. The van der Waals surface area contributed by atoms with Crippen molar-refractivity contribution in [3.05, 3.63) is 40.5 Å². The molecule has 1 aliphatic carbocycles. The van der Waals surface area contributed by atoms with E-state index in [1.165, 1.54) is 11.3 Å². The second kappa shape index (κ2) is 11.0. The Hall–Kier alpha value is -2.66. The van der Waals surface area contributed by atoms with Gasteiger partial charge < -0.3 is 15.0 Å². The minimum Gasteiger partial charge on any atom is -0.460 e. The smallest absolute Gasteiger partial charge is 0.422 e. The van der Waals surface area contributed by atoms with E-state index in [1.54, 1.807) is 4.68 Å². The molecule has 7 nitrogen and oxygen atoms in total. The van der Waals surface area contributed by atoms with Crippen molar-refractivity contribution in [3.8, 4) is 5.19 Å². The molecular weight excluding hydrogens is 503 g/mol. The van der Waals surface area contributed by atoms with Crippen LogP contribution in [0, 0.1) is 5.92 Å². The summed E-state index contributed by atoms with van der Waals surface area (Å²) in [6, 6.07) is 5.89. The van der Waals surface area contributed by atoms with Crippen LogP contribution in [-0.2, 0) is 19.9 Å². The van der Waals surface area contributed by atoms with Crippen molar-refractivity contribution in [3.63, 3.8) is 0 Å². The second-order valence-corrected chi connectivity index (χ2v) is 11.2. The zero-order valence-electron chi connectivity index (χ0n) is 20.9. The molecule has 200 valence electrons. The molecule has 1 fully saturated rings. The number of aryl methyl sites for hydroxylation is 1. The van der Waals surface area contributed by atoms with Gasteiger partial charge in [0.25, 0.3) is 11.1 Å². The van der Waals surface area contributed by atoms with Crippen LogP contribution in [0.15, 0.2) is 24.4 Å². The monoisotopic (exact) mass is 535 g/mol. The van der Waals surface area contributed by atoms with Gasteiger partial charge in [0.2, 0.25) is 0 Å². The largest absolute Gasteiger partial charge is 0.460 e. The first kappa shape index (κ1) is 26.0. The van der Waals surface area contributed by atoms with Gasteiger partial charge >= 0.3 is 6.18 Å². The number of fused-ring (bicyclic) bond motifs is 2. The molecule has 1 amide bonds. The van der Waals surface area contributed by atoms with Crippen LogP contribution in [0.2, 0.25) is 0 Å². The summed E-state index contributed by atoms with van der Waals surface area (Å²) in [5.74, 6) is 0.593. The van der Waals surface area contributed by atoms with Gasteiger partial charge in [-0.25, -0.2) is 4.98 Å². The number of aromatic nitrogens is 3. The molecule has 3 heterocycles. The van der Waals surface area contributed by atoms with Crippen LogP contribution in [0.4, 0.5) is 13.2 Å². The number of alkyl halides is 3. The van der Waals surface area contributed by atoms with Gasteiger partial charge in [-0.05, 0) is 57.1 Å². The SMILES string of the molecule is Cn1cc2cccc(C(=O)NC3CCC(CCN4CCc5nc(OCC(F)(F)F)sc5CC4)CC3)c2n1. The highest BCUT2D eigenvalue weighted by Crippen LogP contribution is 2.31. The highest BCUT2D eigenvalue weighted by Gasteiger charge is 2.30. The maximum absolute atomic E-state index is 12.9. The van der Waals surface area contributed by atoms with E-state index in [4.69, 9.17) is 4.74 Å². The summed E-state index contributed by atoms with van der Waals surface area (Å²) in [4.78, 5) is 20.7. The Morgan fingerprint density at radius 1 is 1.19 bits per heavy atom. The summed E-state index contributed by atoms with van der Waals surface area (Å²) < 4.78 is 43.8. The molecule has 0 spiro atoms. The molecule has 2 aromatic heterocycles. The standard InChI is InChI=1S/C26H32F3N5O2S/c1-33-15-18-3-2-4-20(23(18)32-33)24(35)30-19-7-5-17(6-8-19)9-12-34-13-10-21-22(11-14-34)37-25(31-21)36-16-26(27,28)29/h2-4,15,17,19H,5-14,16H2,1H3,(H,30,35). The molecule has 1 aliphatic heterocycles. The molecule has 0 bridgehead atoms. The number of nitrogens with zero attached hydrogens (tertiary/aromatic N) is 4. The molecule has 1 saturated carbocycles. The molecule has 3 aromatic rings. The minimum atomic E-state index is -4.35. The Morgan fingerprint density at radius 3 is 2.76 bits per heavy atom. The Kier molecular flexibility index (Phi) is 7.71. The van der Waals surface area contributed by atoms with Crippen molar-refractivity contribution < 1.29 is 22.7 Å². The molecule has 0 radical (unpaired) electrons. The minimum absolute atomic E-state index is 0.0506. The van der Waals surface area contributed by atoms with Crippen LogP contribution in [-0.4, -0.2) is 64.0 Å². The maximum atomic E-state index is 12.9. The predicted octanol–water partition coefficient (Wildman–Crippen LogP) is 4.75. The van der Waals surface area contributed by atoms with Crippen LogP contribution in [0.5, 0.6) is 5.19 Å². The Balaban J connectivity index is 1.04. The van der Waals surface area contributed by atoms with E-state index in [0.717, 1.165) is 86.1 Å². The Bertz CT molecular complexity index is 1210. The van der Waals surface area contributed by atoms with E-state index in [9.17, 15) is 18.0 Å². The normalized spacial score (nSPS) is 21.0. The third kappa shape index (κ3) is 6.62. The number of thiazole rings is 1. The number of ether oxygens (including phenoxy) is 1. The maximum Gasteiger partial charge on any atom is 0.422 e. The number of nitrogens with one attached hydrogen (secondary N) is 1. The molecule has 11 heteroatoms. The zero-order chi connectivity index (χ0) is 26.0. The molecule has 37 heavy (non-hydrogen) atoms. The number of rotatable bonds is 7.